The lowest BCUT2D eigenvalue weighted by Gasteiger charge is -2.29. The molecule has 0 aliphatic rings. The number of nitrogens with one attached hydrogen (secondary N) is 2. The Morgan fingerprint density at radius 2 is 1.68 bits per heavy atom. The SMILES string of the molecule is CC(CC(C)(C)S(=O)(=O)c1cccc(C(F)(F)F)c1)NCC(=O)NC(C)(C)C. The van der Waals surface area contributed by atoms with E-state index in [1.165, 1.54) is 19.9 Å². The topological polar surface area (TPSA) is 75.3 Å². The molecule has 2 N–H and O–H groups in total. The lowest BCUT2D eigenvalue weighted by Crippen LogP contribution is -2.47. The summed E-state index contributed by atoms with van der Waals surface area (Å²) in [5.74, 6) is -0.224. The highest BCUT2D eigenvalue weighted by Gasteiger charge is 2.39. The van der Waals surface area contributed by atoms with Gasteiger partial charge in [-0.1, -0.05) is 6.07 Å². The Hall–Kier alpha value is -1.61. The van der Waals surface area contributed by atoms with Gasteiger partial charge in [0.1, 0.15) is 0 Å². The van der Waals surface area contributed by atoms with E-state index in [4.69, 9.17) is 0 Å². The van der Waals surface area contributed by atoms with Crippen LogP contribution in [0.2, 0.25) is 0 Å². The van der Waals surface area contributed by atoms with Crippen LogP contribution in [0, 0.1) is 0 Å². The summed E-state index contributed by atoms with van der Waals surface area (Å²) >= 11 is 0. The van der Waals surface area contributed by atoms with E-state index in [0.717, 1.165) is 12.1 Å². The first-order chi connectivity index (χ1) is 12.5. The number of amides is 1. The molecule has 0 radical (unpaired) electrons. The first-order valence-corrected chi connectivity index (χ1v) is 10.4. The fourth-order valence-corrected chi connectivity index (χ4v) is 4.45. The van der Waals surface area contributed by atoms with Gasteiger partial charge in [0.15, 0.2) is 9.84 Å². The molecule has 0 fully saturated rings. The Kier molecular flexibility index (Phi) is 7.33. The van der Waals surface area contributed by atoms with Crippen LogP contribution >= 0.6 is 0 Å². The third kappa shape index (κ3) is 6.77. The standard InChI is InChI=1S/C19H29F3N2O3S/c1-13(23-12-16(25)24-17(2,3)4)11-18(5,6)28(26,27)15-9-7-8-14(10-15)19(20,21)22/h7-10,13,23H,11-12H2,1-6H3,(H,24,25). The largest absolute Gasteiger partial charge is 0.416 e. The second kappa shape index (κ2) is 8.41. The van der Waals surface area contributed by atoms with Gasteiger partial charge in [-0.15, -0.1) is 0 Å². The highest BCUT2D eigenvalue weighted by atomic mass is 32.2. The van der Waals surface area contributed by atoms with Crippen LogP contribution in [0.25, 0.3) is 0 Å². The van der Waals surface area contributed by atoms with Crippen molar-refractivity contribution in [3.8, 4) is 0 Å². The molecule has 0 spiro atoms. The summed E-state index contributed by atoms with van der Waals surface area (Å²) in [6.45, 7) is 10.2. The van der Waals surface area contributed by atoms with Crippen molar-refractivity contribution in [1.29, 1.82) is 0 Å². The molecule has 5 nitrogen and oxygen atoms in total. The van der Waals surface area contributed by atoms with Gasteiger partial charge in [-0.2, -0.15) is 13.2 Å². The van der Waals surface area contributed by atoms with E-state index >= 15 is 0 Å². The Morgan fingerprint density at radius 1 is 1.11 bits per heavy atom. The monoisotopic (exact) mass is 422 g/mol. The van der Waals surface area contributed by atoms with E-state index in [9.17, 15) is 26.4 Å². The number of carbonyl (C=O) groups excluding carboxylic acids is 1. The molecule has 1 rings (SSSR count). The zero-order valence-corrected chi connectivity index (χ0v) is 17.9. The van der Waals surface area contributed by atoms with Crippen molar-refractivity contribution >= 4 is 15.7 Å². The molecule has 9 heteroatoms. The van der Waals surface area contributed by atoms with Crippen molar-refractivity contribution in [2.75, 3.05) is 6.54 Å². The number of hydrogen-bond acceptors (Lipinski definition) is 4. The van der Waals surface area contributed by atoms with Crippen LogP contribution in [-0.4, -0.2) is 37.2 Å². The van der Waals surface area contributed by atoms with Gasteiger partial charge in [-0.3, -0.25) is 4.79 Å². The zero-order chi connectivity index (χ0) is 22.0. The Morgan fingerprint density at radius 3 is 2.18 bits per heavy atom. The summed E-state index contributed by atoms with van der Waals surface area (Å²) in [6.07, 6.45) is -4.50. The van der Waals surface area contributed by atoms with E-state index in [1.54, 1.807) is 6.92 Å². The van der Waals surface area contributed by atoms with Crippen molar-refractivity contribution in [3.63, 3.8) is 0 Å². The minimum absolute atomic E-state index is 0.0120. The number of sulfone groups is 1. The maximum atomic E-state index is 12.9. The molecular formula is C19H29F3N2O3S. The third-order valence-electron chi connectivity index (χ3n) is 4.12. The Labute approximate surface area is 165 Å². The summed E-state index contributed by atoms with van der Waals surface area (Å²) in [7, 11) is -4.02. The van der Waals surface area contributed by atoms with Crippen LogP contribution in [0.5, 0.6) is 0 Å². The van der Waals surface area contributed by atoms with Gasteiger partial charge in [0, 0.05) is 11.6 Å². The predicted molar refractivity (Wildman–Crippen MR) is 103 cm³/mol. The molecule has 1 aromatic carbocycles. The molecule has 0 aromatic heterocycles. The molecule has 0 bridgehead atoms. The summed E-state index contributed by atoms with van der Waals surface area (Å²) in [6, 6.07) is 3.41. The first kappa shape index (κ1) is 24.4. The van der Waals surface area contributed by atoms with Crippen molar-refractivity contribution in [3.05, 3.63) is 29.8 Å². The average Bonchev–Trinajstić information content (AvgIpc) is 2.50. The second-order valence-corrected chi connectivity index (χ2v) is 11.2. The predicted octanol–water partition coefficient (Wildman–Crippen LogP) is 3.54. The smallest absolute Gasteiger partial charge is 0.350 e. The lowest BCUT2D eigenvalue weighted by atomic mass is 10.0. The molecule has 0 heterocycles. The molecule has 1 amide bonds. The summed E-state index contributed by atoms with van der Waals surface area (Å²) < 4.78 is 63.3. The molecule has 0 aliphatic heterocycles. The van der Waals surface area contributed by atoms with Crippen molar-refractivity contribution in [1.82, 2.24) is 10.6 Å². The molecule has 0 aliphatic carbocycles. The van der Waals surface area contributed by atoms with E-state index < -0.39 is 26.3 Å². The quantitative estimate of drug-likeness (QED) is 0.705. The zero-order valence-electron chi connectivity index (χ0n) is 17.1. The van der Waals surface area contributed by atoms with Crippen LogP contribution in [0.15, 0.2) is 29.2 Å². The highest BCUT2D eigenvalue weighted by Crippen LogP contribution is 2.34. The maximum absolute atomic E-state index is 12.9. The number of carbonyl (C=O) groups is 1. The Bertz CT molecular complexity index is 797. The third-order valence-corrected chi connectivity index (χ3v) is 6.62. The number of rotatable bonds is 7. The van der Waals surface area contributed by atoms with E-state index in [1.807, 2.05) is 20.8 Å². The van der Waals surface area contributed by atoms with Gasteiger partial charge >= 0.3 is 6.18 Å². The maximum Gasteiger partial charge on any atom is 0.416 e. The fourth-order valence-electron chi connectivity index (χ4n) is 2.81. The Balaban J connectivity index is 2.89. The molecule has 0 saturated heterocycles. The molecule has 28 heavy (non-hydrogen) atoms. The minimum atomic E-state index is -4.62. The van der Waals surface area contributed by atoms with Crippen LogP contribution in [0.1, 0.15) is 53.5 Å². The molecule has 1 unspecified atom stereocenters. The van der Waals surface area contributed by atoms with Gasteiger partial charge in [0.05, 0.1) is 21.8 Å². The van der Waals surface area contributed by atoms with E-state index in [-0.39, 0.29) is 35.3 Å². The van der Waals surface area contributed by atoms with Crippen LogP contribution < -0.4 is 10.6 Å². The van der Waals surface area contributed by atoms with Crippen molar-refractivity contribution in [2.45, 2.75) is 75.4 Å². The van der Waals surface area contributed by atoms with Gasteiger partial charge < -0.3 is 10.6 Å². The van der Waals surface area contributed by atoms with Crippen LogP contribution in [0.3, 0.4) is 0 Å². The first-order valence-electron chi connectivity index (χ1n) is 8.92. The lowest BCUT2D eigenvalue weighted by molar-refractivity contribution is -0.137. The molecule has 1 aromatic rings. The second-order valence-electron chi connectivity index (χ2n) is 8.57. The van der Waals surface area contributed by atoms with Crippen LogP contribution in [-0.2, 0) is 20.8 Å². The molecule has 0 saturated carbocycles. The normalized spacial score (nSPS) is 14.6. The van der Waals surface area contributed by atoms with E-state index in [2.05, 4.69) is 10.6 Å². The van der Waals surface area contributed by atoms with E-state index in [0.29, 0.717) is 6.07 Å². The number of benzene rings is 1. The summed E-state index contributed by atoms with van der Waals surface area (Å²) in [5, 5.41) is 5.75. The number of alkyl halides is 3. The van der Waals surface area contributed by atoms with Crippen molar-refractivity contribution < 1.29 is 26.4 Å². The molecule has 160 valence electrons. The average molecular weight is 423 g/mol. The van der Waals surface area contributed by atoms with Crippen molar-refractivity contribution in [2.24, 2.45) is 0 Å². The fraction of sp³-hybridized carbons (Fsp3) is 0.632. The minimum Gasteiger partial charge on any atom is -0.350 e. The van der Waals surface area contributed by atoms with Gasteiger partial charge in [0.25, 0.3) is 0 Å². The van der Waals surface area contributed by atoms with Gasteiger partial charge in [-0.25, -0.2) is 8.42 Å². The highest BCUT2D eigenvalue weighted by molar-refractivity contribution is 7.92. The van der Waals surface area contributed by atoms with Gasteiger partial charge in [0.2, 0.25) is 5.91 Å². The molecular weight excluding hydrogens is 393 g/mol. The number of halogens is 3. The molecule has 1 atom stereocenters. The van der Waals surface area contributed by atoms with Crippen LogP contribution in [0.4, 0.5) is 13.2 Å². The summed E-state index contributed by atoms with van der Waals surface area (Å²) in [4.78, 5) is 11.5. The summed E-state index contributed by atoms with van der Waals surface area (Å²) in [5.41, 5.74) is -1.39. The number of hydrogen-bond donors (Lipinski definition) is 2. The van der Waals surface area contributed by atoms with Gasteiger partial charge in [-0.05, 0) is 66.2 Å².